The highest BCUT2D eigenvalue weighted by Gasteiger charge is 2.14. The predicted molar refractivity (Wildman–Crippen MR) is 205 cm³/mol. The molecule has 0 aliphatic carbocycles. The van der Waals surface area contributed by atoms with Crippen molar-refractivity contribution < 1.29 is 4.74 Å². The molecule has 2 rings (SSSR count). The van der Waals surface area contributed by atoms with Crippen LogP contribution in [-0.2, 0) is 0 Å². The van der Waals surface area contributed by atoms with Gasteiger partial charge in [-0.2, -0.15) is 0 Å². The fourth-order valence-electron chi connectivity index (χ4n) is 5.10. The summed E-state index contributed by atoms with van der Waals surface area (Å²) in [6, 6.07) is 16.6. The highest BCUT2D eigenvalue weighted by atomic mass is 16.5. The van der Waals surface area contributed by atoms with Gasteiger partial charge in [0, 0.05) is 17.9 Å². The number of allylic oxidation sites excluding steroid dienone is 4. The average Bonchev–Trinajstić information content (AvgIpc) is 3.01. The minimum absolute atomic E-state index is 0.445. The molecule has 3 atom stereocenters. The van der Waals surface area contributed by atoms with Gasteiger partial charge in [0.1, 0.15) is 5.75 Å². The van der Waals surface area contributed by atoms with Gasteiger partial charge in [-0.25, -0.2) is 0 Å². The zero-order valence-corrected chi connectivity index (χ0v) is 30.4. The van der Waals surface area contributed by atoms with Gasteiger partial charge in [0.15, 0.2) is 0 Å². The first-order valence-corrected chi connectivity index (χ1v) is 17.0. The van der Waals surface area contributed by atoms with Crippen LogP contribution in [0, 0.1) is 37.5 Å². The lowest BCUT2D eigenvalue weighted by atomic mass is 9.85. The molecule has 252 valence electrons. The minimum Gasteiger partial charge on any atom is -0.496 e. The van der Waals surface area contributed by atoms with Crippen LogP contribution in [0.2, 0.25) is 0 Å². The number of aryl methyl sites for hydroxylation is 2. The third-order valence-electron chi connectivity index (χ3n) is 8.22. The molecule has 2 aromatic carbocycles. The quantitative estimate of drug-likeness (QED) is 0.114. The Balaban J connectivity index is 0.000000892. The number of methoxy groups -OCH3 is 1. The predicted octanol–water partition coefficient (Wildman–Crippen LogP) is 11.4. The molecule has 0 aliphatic rings. The number of hydrogen-bond acceptors (Lipinski definition) is 3. The first-order chi connectivity index (χ1) is 21.8. The third-order valence-corrected chi connectivity index (χ3v) is 8.22. The van der Waals surface area contributed by atoms with Crippen molar-refractivity contribution in [1.82, 2.24) is 10.6 Å². The SMILES string of the molecule is C=C(C)C[C@@H](C/C=C/C(=C)NCC(=C)NCC(C)C(=C)CCCC(C)C)C(C)/C=C/c1ccccc1.COc1ccc(C)cc1C. The van der Waals surface area contributed by atoms with E-state index in [0.29, 0.717) is 24.3 Å². The second-order valence-corrected chi connectivity index (χ2v) is 13.4. The largest absolute Gasteiger partial charge is 0.496 e. The van der Waals surface area contributed by atoms with Crippen LogP contribution in [0.1, 0.15) is 83.4 Å². The van der Waals surface area contributed by atoms with Crippen molar-refractivity contribution in [3.05, 3.63) is 132 Å². The molecule has 0 heterocycles. The van der Waals surface area contributed by atoms with E-state index in [1.54, 1.807) is 7.11 Å². The molecule has 3 nitrogen and oxygen atoms in total. The Morgan fingerprint density at radius 3 is 2.24 bits per heavy atom. The highest BCUT2D eigenvalue weighted by Crippen LogP contribution is 2.26. The van der Waals surface area contributed by atoms with E-state index in [1.165, 1.54) is 40.7 Å². The summed E-state index contributed by atoms with van der Waals surface area (Å²) >= 11 is 0. The van der Waals surface area contributed by atoms with Crippen LogP contribution in [0.3, 0.4) is 0 Å². The van der Waals surface area contributed by atoms with Gasteiger partial charge in [-0.05, 0) is 93.4 Å². The van der Waals surface area contributed by atoms with Crippen LogP contribution in [-0.4, -0.2) is 20.2 Å². The summed E-state index contributed by atoms with van der Waals surface area (Å²) in [5.41, 5.74) is 8.15. The van der Waals surface area contributed by atoms with Gasteiger partial charge in [-0.15, -0.1) is 6.58 Å². The summed E-state index contributed by atoms with van der Waals surface area (Å²) < 4.78 is 5.10. The second kappa shape index (κ2) is 22.7. The van der Waals surface area contributed by atoms with E-state index in [0.717, 1.165) is 48.9 Å². The molecule has 0 amide bonds. The van der Waals surface area contributed by atoms with Crippen molar-refractivity contribution in [2.45, 2.75) is 80.6 Å². The van der Waals surface area contributed by atoms with Crippen LogP contribution >= 0.6 is 0 Å². The molecular formula is C43H64N2O. The Labute approximate surface area is 283 Å². The van der Waals surface area contributed by atoms with E-state index in [-0.39, 0.29) is 0 Å². The van der Waals surface area contributed by atoms with Crippen molar-refractivity contribution in [2.75, 3.05) is 20.2 Å². The molecule has 0 fully saturated rings. The van der Waals surface area contributed by atoms with E-state index in [4.69, 9.17) is 4.74 Å². The summed E-state index contributed by atoms with van der Waals surface area (Å²) in [7, 11) is 1.69. The average molecular weight is 625 g/mol. The Bertz CT molecular complexity index is 1270. The molecule has 2 unspecified atom stereocenters. The van der Waals surface area contributed by atoms with Gasteiger partial charge in [-0.3, -0.25) is 0 Å². The van der Waals surface area contributed by atoms with Crippen molar-refractivity contribution in [3.63, 3.8) is 0 Å². The Morgan fingerprint density at radius 2 is 1.63 bits per heavy atom. The normalized spacial score (nSPS) is 13.1. The molecule has 0 radical (unpaired) electrons. The van der Waals surface area contributed by atoms with E-state index >= 15 is 0 Å². The van der Waals surface area contributed by atoms with Crippen molar-refractivity contribution >= 4 is 6.08 Å². The molecule has 0 saturated heterocycles. The molecule has 46 heavy (non-hydrogen) atoms. The molecule has 0 aliphatic heterocycles. The first kappa shape index (κ1) is 40.3. The minimum atomic E-state index is 0.445. The molecule has 0 bridgehead atoms. The summed E-state index contributed by atoms with van der Waals surface area (Å²) in [4.78, 5) is 0. The Kier molecular flexibility index (Phi) is 19.9. The number of benzene rings is 2. The summed E-state index contributed by atoms with van der Waals surface area (Å²) in [5.74, 6) is 3.14. The maximum atomic E-state index is 5.10. The molecule has 2 N–H and O–H groups in total. The van der Waals surface area contributed by atoms with Gasteiger partial charge >= 0.3 is 0 Å². The van der Waals surface area contributed by atoms with Gasteiger partial charge in [0.2, 0.25) is 0 Å². The monoisotopic (exact) mass is 625 g/mol. The van der Waals surface area contributed by atoms with E-state index in [2.05, 4.69) is 139 Å². The van der Waals surface area contributed by atoms with E-state index < -0.39 is 0 Å². The zero-order chi connectivity index (χ0) is 34.5. The lowest BCUT2D eigenvalue weighted by Crippen LogP contribution is -2.27. The summed E-state index contributed by atoms with van der Waals surface area (Å²) in [6.07, 6.45) is 14.5. The number of rotatable bonds is 20. The van der Waals surface area contributed by atoms with Gasteiger partial charge < -0.3 is 15.4 Å². The Morgan fingerprint density at radius 1 is 0.935 bits per heavy atom. The second-order valence-electron chi connectivity index (χ2n) is 13.4. The van der Waals surface area contributed by atoms with E-state index in [9.17, 15) is 0 Å². The van der Waals surface area contributed by atoms with Crippen LogP contribution in [0.5, 0.6) is 5.75 Å². The van der Waals surface area contributed by atoms with Crippen molar-refractivity contribution in [1.29, 1.82) is 0 Å². The molecule has 2 aromatic rings. The molecule has 3 heteroatoms. The zero-order valence-electron chi connectivity index (χ0n) is 30.4. The maximum Gasteiger partial charge on any atom is 0.121 e. The van der Waals surface area contributed by atoms with Crippen molar-refractivity contribution in [2.24, 2.45) is 23.7 Å². The molecule has 0 saturated carbocycles. The standard InChI is InChI=1S/C34H52N2.C9H12O/c1-26(2)15-13-16-28(5)30(7)24-35-32(9)25-36-31(8)17-14-20-34(23-27(3)4)29(6)21-22-33-18-11-10-12-19-33;1-7-4-5-9(10-3)8(2)6-7/h10-12,14,17-19,21-22,26,29-30,34-36H,3,5,8-9,13,15-16,20,23-25H2,1-2,4,6-7H3;4-6H,1-3H3/b17-14+,22-21+;/t29?,30?,34-;/m1./s1. The lowest BCUT2D eigenvalue weighted by Gasteiger charge is -2.20. The topological polar surface area (TPSA) is 33.3 Å². The van der Waals surface area contributed by atoms with Crippen LogP contribution in [0.25, 0.3) is 6.08 Å². The fourth-order valence-corrected chi connectivity index (χ4v) is 5.10. The highest BCUT2D eigenvalue weighted by molar-refractivity contribution is 5.49. The fraction of sp³-hybridized carbons (Fsp3) is 0.442. The summed E-state index contributed by atoms with van der Waals surface area (Å²) in [6.45, 7) is 33.6. The lowest BCUT2D eigenvalue weighted by molar-refractivity contribution is 0.411. The van der Waals surface area contributed by atoms with Crippen LogP contribution in [0.15, 0.2) is 116 Å². The molecular weight excluding hydrogens is 560 g/mol. The van der Waals surface area contributed by atoms with Crippen molar-refractivity contribution in [3.8, 4) is 5.75 Å². The Hall–Kier alpha value is -3.72. The molecule has 0 aromatic heterocycles. The van der Waals surface area contributed by atoms with E-state index in [1.807, 2.05) is 19.1 Å². The van der Waals surface area contributed by atoms with Crippen LogP contribution in [0.4, 0.5) is 0 Å². The third kappa shape index (κ3) is 18.3. The maximum absolute atomic E-state index is 5.10. The van der Waals surface area contributed by atoms with Gasteiger partial charge in [0.05, 0.1) is 13.7 Å². The number of nitrogens with one attached hydrogen (secondary N) is 2. The summed E-state index contributed by atoms with van der Waals surface area (Å²) in [5, 5.41) is 6.83. The van der Waals surface area contributed by atoms with Gasteiger partial charge in [-0.1, -0.05) is 131 Å². The first-order valence-electron chi connectivity index (χ1n) is 17.0. The number of hydrogen-bond donors (Lipinski definition) is 2. The molecule has 0 spiro atoms. The smallest absolute Gasteiger partial charge is 0.121 e. The number of ether oxygens (including phenoxy) is 1. The van der Waals surface area contributed by atoms with Gasteiger partial charge in [0.25, 0.3) is 0 Å². The van der Waals surface area contributed by atoms with Crippen LogP contribution < -0.4 is 15.4 Å².